The van der Waals surface area contributed by atoms with Gasteiger partial charge in [0.1, 0.15) is 5.82 Å². The van der Waals surface area contributed by atoms with Gasteiger partial charge in [-0.3, -0.25) is 0 Å². The molecule has 2 rings (SSSR count). The maximum Gasteiger partial charge on any atom is 0.127 e. The molecule has 3 heteroatoms. The van der Waals surface area contributed by atoms with Crippen molar-refractivity contribution in [3.8, 4) is 0 Å². The molecule has 0 bridgehead atoms. The third-order valence-corrected chi connectivity index (χ3v) is 4.48. The Hall–Kier alpha value is -0.600. The molecule has 1 aliphatic rings. The molecule has 0 aliphatic heterocycles. The third kappa shape index (κ3) is 2.63. The van der Waals surface area contributed by atoms with Crippen LogP contribution < -0.4 is 5.73 Å². The van der Waals surface area contributed by atoms with E-state index in [9.17, 15) is 4.39 Å². The smallest absolute Gasteiger partial charge is 0.127 e. The van der Waals surface area contributed by atoms with E-state index in [2.05, 4.69) is 6.92 Å². The van der Waals surface area contributed by atoms with E-state index >= 15 is 0 Å². The number of halogens is 2. The summed E-state index contributed by atoms with van der Waals surface area (Å²) in [6, 6.07) is 4.79. The molecule has 0 amide bonds. The highest BCUT2D eigenvalue weighted by Crippen LogP contribution is 2.41. The van der Waals surface area contributed by atoms with Crippen LogP contribution in [0.4, 0.5) is 4.39 Å². The Bertz CT molecular complexity index is 379. The lowest BCUT2D eigenvalue weighted by molar-refractivity contribution is 0.259. The van der Waals surface area contributed by atoms with Crippen LogP contribution in [-0.4, -0.2) is 6.04 Å². The van der Waals surface area contributed by atoms with Crippen molar-refractivity contribution in [1.82, 2.24) is 0 Å². The van der Waals surface area contributed by atoms with Gasteiger partial charge in [0.05, 0.1) is 0 Å². The highest BCUT2D eigenvalue weighted by atomic mass is 35.5. The molecule has 94 valence electrons. The molecular formula is C14H19ClFN. The largest absolute Gasteiger partial charge is 0.327 e. The maximum atomic E-state index is 13.7. The summed E-state index contributed by atoms with van der Waals surface area (Å²) in [5.41, 5.74) is 6.97. The number of hydrogen-bond donors (Lipinski definition) is 1. The van der Waals surface area contributed by atoms with Gasteiger partial charge in [-0.1, -0.05) is 37.4 Å². The summed E-state index contributed by atoms with van der Waals surface area (Å²) in [6.07, 6.45) is 5.27. The normalized spacial score (nSPS) is 20.5. The zero-order valence-corrected chi connectivity index (χ0v) is 10.9. The SMILES string of the molecule is CC1(C(N)Cc2c(F)cccc2Cl)CCCC1. The fraction of sp³-hybridized carbons (Fsp3) is 0.571. The molecule has 17 heavy (non-hydrogen) atoms. The summed E-state index contributed by atoms with van der Waals surface area (Å²) in [6.45, 7) is 2.21. The van der Waals surface area contributed by atoms with Crippen LogP contribution in [0.25, 0.3) is 0 Å². The summed E-state index contributed by atoms with van der Waals surface area (Å²) in [5.74, 6) is -0.241. The van der Waals surface area contributed by atoms with E-state index in [0.29, 0.717) is 17.0 Å². The molecule has 1 aliphatic carbocycles. The number of benzene rings is 1. The Morgan fingerprint density at radius 3 is 2.65 bits per heavy atom. The van der Waals surface area contributed by atoms with Crippen LogP contribution in [0, 0.1) is 11.2 Å². The lowest BCUT2D eigenvalue weighted by atomic mass is 9.78. The summed E-state index contributed by atoms with van der Waals surface area (Å²) in [7, 11) is 0. The molecule has 0 aromatic heterocycles. The van der Waals surface area contributed by atoms with Crippen molar-refractivity contribution >= 4 is 11.6 Å². The fourth-order valence-corrected chi connectivity index (χ4v) is 2.99. The second-order valence-corrected chi connectivity index (χ2v) is 5.78. The fourth-order valence-electron chi connectivity index (χ4n) is 2.75. The number of nitrogens with two attached hydrogens (primary N) is 1. The second-order valence-electron chi connectivity index (χ2n) is 5.37. The van der Waals surface area contributed by atoms with Crippen molar-refractivity contribution in [1.29, 1.82) is 0 Å². The van der Waals surface area contributed by atoms with Crippen LogP contribution in [-0.2, 0) is 6.42 Å². The molecule has 1 unspecified atom stereocenters. The summed E-state index contributed by atoms with van der Waals surface area (Å²) < 4.78 is 13.7. The maximum absolute atomic E-state index is 13.7. The minimum atomic E-state index is -0.241. The monoisotopic (exact) mass is 255 g/mol. The molecule has 0 heterocycles. The third-order valence-electron chi connectivity index (χ3n) is 4.13. The van der Waals surface area contributed by atoms with Crippen molar-refractivity contribution in [3.63, 3.8) is 0 Å². The van der Waals surface area contributed by atoms with Crippen molar-refractivity contribution in [2.45, 2.75) is 45.1 Å². The topological polar surface area (TPSA) is 26.0 Å². The zero-order valence-electron chi connectivity index (χ0n) is 10.2. The van der Waals surface area contributed by atoms with Crippen LogP contribution in [0.15, 0.2) is 18.2 Å². The van der Waals surface area contributed by atoms with Gasteiger partial charge in [0.2, 0.25) is 0 Å². The van der Waals surface area contributed by atoms with Gasteiger partial charge in [0, 0.05) is 16.6 Å². The van der Waals surface area contributed by atoms with Crippen LogP contribution in [0.5, 0.6) is 0 Å². The predicted molar refractivity (Wildman–Crippen MR) is 69.7 cm³/mol. The molecule has 0 saturated heterocycles. The van der Waals surface area contributed by atoms with E-state index in [1.54, 1.807) is 12.1 Å². The molecular weight excluding hydrogens is 237 g/mol. The lowest BCUT2D eigenvalue weighted by Crippen LogP contribution is -2.39. The first-order valence-electron chi connectivity index (χ1n) is 6.21. The standard InChI is InChI=1S/C14H19ClFN/c1-14(7-2-3-8-14)13(17)9-10-11(15)5-4-6-12(10)16/h4-6,13H,2-3,7-9,17H2,1H3. The van der Waals surface area contributed by atoms with E-state index < -0.39 is 0 Å². The van der Waals surface area contributed by atoms with Gasteiger partial charge in [-0.05, 0) is 36.8 Å². The first-order chi connectivity index (χ1) is 8.03. The van der Waals surface area contributed by atoms with E-state index in [0.717, 1.165) is 12.8 Å². The average molecular weight is 256 g/mol. The van der Waals surface area contributed by atoms with E-state index in [4.69, 9.17) is 17.3 Å². The number of rotatable bonds is 3. The van der Waals surface area contributed by atoms with Crippen molar-refractivity contribution < 1.29 is 4.39 Å². The van der Waals surface area contributed by atoms with Gasteiger partial charge in [0.25, 0.3) is 0 Å². The molecule has 1 fully saturated rings. The van der Waals surface area contributed by atoms with Gasteiger partial charge < -0.3 is 5.73 Å². The Morgan fingerprint density at radius 2 is 2.06 bits per heavy atom. The Labute approximate surface area is 107 Å². The van der Waals surface area contributed by atoms with Crippen LogP contribution in [0.1, 0.15) is 38.2 Å². The second kappa shape index (κ2) is 4.95. The molecule has 1 nitrogen and oxygen atoms in total. The molecule has 2 N–H and O–H groups in total. The minimum Gasteiger partial charge on any atom is -0.327 e. The summed E-state index contributed by atoms with van der Waals surface area (Å²) in [4.78, 5) is 0. The van der Waals surface area contributed by atoms with Crippen LogP contribution in [0.3, 0.4) is 0 Å². The predicted octanol–water partition coefficient (Wildman–Crippen LogP) is 3.93. The van der Waals surface area contributed by atoms with Gasteiger partial charge in [-0.25, -0.2) is 4.39 Å². The zero-order chi connectivity index (χ0) is 12.5. The van der Waals surface area contributed by atoms with Gasteiger partial charge in [-0.2, -0.15) is 0 Å². The van der Waals surface area contributed by atoms with Crippen LogP contribution in [0.2, 0.25) is 5.02 Å². The average Bonchev–Trinajstić information content (AvgIpc) is 2.72. The summed E-state index contributed by atoms with van der Waals surface area (Å²) >= 11 is 6.03. The van der Waals surface area contributed by atoms with Gasteiger partial charge in [0.15, 0.2) is 0 Å². The van der Waals surface area contributed by atoms with Gasteiger partial charge >= 0.3 is 0 Å². The van der Waals surface area contributed by atoms with E-state index in [-0.39, 0.29) is 17.3 Å². The molecule has 1 saturated carbocycles. The Morgan fingerprint density at radius 1 is 1.41 bits per heavy atom. The van der Waals surface area contributed by atoms with E-state index in [1.807, 2.05) is 0 Å². The van der Waals surface area contributed by atoms with E-state index in [1.165, 1.54) is 18.9 Å². The van der Waals surface area contributed by atoms with Crippen molar-refractivity contribution in [2.75, 3.05) is 0 Å². The van der Waals surface area contributed by atoms with Crippen molar-refractivity contribution in [2.24, 2.45) is 11.1 Å². The Kier molecular flexibility index (Phi) is 3.74. The highest BCUT2D eigenvalue weighted by Gasteiger charge is 2.35. The first kappa shape index (κ1) is 12.8. The first-order valence-corrected chi connectivity index (χ1v) is 6.59. The molecule has 1 atom stereocenters. The summed E-state index contributed by atoms with van der Waals surface area (Å²) in [5, 5.41) is 0.488. The molecule has 1 aromatic carbocycles. The molecule has 0 spiro atoms. The Balaban J connectivity index is 2.15. The van der Waals surface area contributed by atoms with Crippen LogP contribution >= 0.6 is 11.6 Å². The quantitative estimate of drug-likeness (QED) is 0.870. The molecule has 1 aromatic rings. The number of hydrogen-bond acceptors (Lipinski definition) is 1. The lowest BCUT2D eigenvalue weighted by Gasteiger charge is -2.31. The minimum absolute atomic E-state index is 0.0144. The molecule has 0 radical (unpaired) electrons. The van der Waals surface area contributed by atoms with Crippen molar-refractivity contribution in [3.05, 3.63) is 34.6 Å². The van der Waals surface area contributed by atoms with Gasteiger partial charge in [-0.15, -0.1) is 0 Å². The highest BCUT2D eigenvalue weighted by molar-refractivity contribution is 6.31.